The SMILES string of the molecule is OC1C(O)C([C@@H](O)C(F)(F)F)OC2SC(N3CCC3)=NC21. The smallest absolute Gasteiger partial charge is 0.388 e. The number of hydrogen-bond donors (Lipinski definition) is 3. The number of thioether (sulfide) groups is 1. The summed E-state index contributed by atoms with van der Waals surface area (Å²) in [6, 6.07) is -0.822. The number of alkyl halides is 3. The van der Waals surface area contributed by atoms with Gasteiger partial charge in [-0.1, -0.05) is 11.8 Å². The molecule has 3 rings (SSSR count). The van der Waals surface area contributed by atoms with Gasteiger partial charge in [-0.25, -0.2) is 0 Å². The van der Waals surface area contributed by atoms with Gasteiger partial charge >= 0.3 is 6.18 Å². The molecule has 120 valence electrons. The monoisotopic (exact) mass is 328 g/mol. The molecule has 3 aliphatic heterocycles. The van der Waals surface area contributed by atoms with Gasteiger partial charge in [-0.05, 0) is 6.42 Å². The third-order valence-corrected chi connectivity index (χ3v) is 5.06. The number of nitrogens with zero attached hydrogens (tertiary/aromatic N) is 2. The Morgan fingerprint density at radius 3 is 2.48 bits per heavy atom. The third-order valence-electron chi connectivity index (χ3n) is 3.86. The molecule has 0 aromatic carbocycles. The summed E-state index contributed by atoms with van der Waals surface area (Å²) >= 11 is 1.12. The third kappa shape index (κ3) is 2.63. The zero-order valence-electron chi connectivity index (χ0n) is 10.8. The minimum atomic E-state index is -4.93. The highest BCUT2D eigenvalue weighted by atomic mass is 32.2. The van der Waals surface area contributed by atoms with Crippen LogP contribution in [0, 0.1) is 0 Å². The Labute approximate surface area is 122 Å². The van der Waals surface area contributed by atoms with E-state index in [1.807, 2.05) is 4.90 Å². The zero-order chi connectivity index (χ0) is 15.4. The zero-order valence-corrected chi connectivity index (χ0v) is 11.6. The molecule has 21 heavy (non-hydrogen) atoms. The number of rotatable bonds is 1. The summed E-state index contributed by atoms with van der Waals surface area (Å²) in [5.74, 6) is 0. The molecule has 10 heteroatoms. The van der Waals surface area contributed by atoms with Crippen LogP contribution in [-0.2, 0) is 4.74 Å². The molecule has 0 aromatic heterocycles. The molecule has 6 atom stereocenters. The highest BCUT2D eigenvalue weighted by Crippen LogP contribution is 2.40. The van der Waals surface area contributed by atoms with E-state index in [0.717, 1.165) is 31.3 Å². The van der Waals surface area contributed by atoms with Gasteiger partial charge in [0.2, 0.25) is 0 Å². The van der Waals surface area contributed by atoms with Gasteiger partial charge in [-0.3, -0.25) is 4.99 Å². The first kappa shape index (κ1) is 15.3. The molecular formula is C11H15F3N2O4S. The van der Waals surface area contributed by atoms with Crippen molar-refractivity contribution in [2.45, 2.75) is 48.5 Å². The number of ether oxygens (including phenoxy) is 1. The van der Waals surface area contributed by atoms with Crippen LogP contribution in [0.1, 0.15) is 6.42 Å². The lowest BCUT2D eigenvalue weighted by molar-refractivity contribution is -0.271. The lowest BCUT2D eigenvalue weighted by atomic mass is 9.94. The van der Waals surface area contributed by atoms with Crippen molar-refractivity contribution >= 4 is 16.9 Å². The predicted molar refractivity (Wildman–Crippen MR) is 67.7 cm³/mol. The molecule has 6 nitrogen and oxygen atoms in total. The molecule has 5 unspecified atom stereocenters. The second-order valence-electron chi connectivity index (χ2n) is 5.30. The van der Waals surface area contributed by atoms with Crippen molar-refractivity contribution in [3.05, 3.63) is 0 Å². The first-order valence-electron chi connectivity index (χ1n) is 6.55. The molecule has 0 aliphatic carbocycles. The van der Waals surface area contributed by atoms with Crippen molar-refractivity contribution in [1.82, 2.24) is 4.90 Å². The minimum absolute atomic E-state index is 0.602. The number of amidine groups is 1. The van der Waals surface area contributed by atoms with Crippen molar-refractivity contribution in [3.8, 4) is 0 Å². The summed E-state index contributed by atoms with van der Waals surface area (Å²) in [7, 11) is 0. The average Bonchev–Trinajstić information content (AvgIpc) is 2.73. The van der Waals surface area contributed by atoms with Crippen LogP contribution in [0.2, 0.25) is 0 Å². The van der Waals surface area contributed by atoms with Gasteiger partial charge in [0.05, 0.1) is 0 Å². The van der Waals surface area contributed by atoms with Crippen LogP contribution < -0.4 is 0 Å². The molecule has 0 aromatic rings. The fraction of sp³-hybridized carbons (Fsp3) is 0.909. The van der Waals surface area contributed by atoms with Crippen LogP contribution in [0.15, 0.2) is 4.99 Å². The number of aliphatic hydroxyl groups excluding tert-OH is 3. The van der Waals surface area contributed by atoms with Crippen LogP contribution in [0.3, 0.4) is 0 Å². The summed E-state index contributed by atoms with van der Waals surface area (Å²) in [6.07, 6.45) is -12.0. The molecule has 0 amide bonds. The number of halogens is 3. The highest BCUT2D eigenvalue weighted by Gasteiger charge is 2.56. The van der Waals surface area contributed by atoms with Gasteiger partial charge in [0, 0.05) is 13.1 Å². The quantitative estimate of drug-likeness (QED) is 0.604. The number of fused-ring (bicyclic) bond motifs is 1. The predicted octanol–water partition coefficient (Wildman–Crippen LogP) is -0.467. The van der Waals surface area contributed by atoms with Crippen molar-refractivity contribution in [2.75, 3.05) is 13.1 Å². The molecule has 3 aliphatic rings. The minimum Gasteiger partial charge on any atom is -0.388 e. The number of aliphatic hydroxyl groups is 3. The van der Waals surface area contributed by atoms with Gasteiger partial charge in [0.25, 0.3) is 0 Å². The Bertz CT molecular complexity index is 446. The second kappa shape index (κ2) is 5.27. The number of aliphatic imine (C=N–C) groups is 1. The van der Waals surface area contributed by atoms with Crippen molar-refractivity contribution in [1.29, 1.82) is 0 Å². The summed E-state index contributed by atoms with van der Waals surface area (Å²) in [6.45, 7) is 1.61. The van der Waals surface area contributed by atoms with Crippen molar-refractivity contribution in [2.24, 2.45) is 4.99 Å². The maximum Gasteiger partial charge on any atom is 0.417 e. The Morgan fingerprint density at radius 1 is 1.29 bits per heavy atom. The topological polar surface area (TPSA) is 85.5 Å². The van der Waals surface area contributed by atoms with Gasteiger partial charge in [-0.2, -0.15) is 13.2 Å². The van der Waals surface area contributed by atoms with Crippen LogP contribution in [0.4, 0.5) is 13.2 Å². The molecule has 0 spiro atoms. The Kier molecular flexibility index (Phi) is 3.85. The van der Waals surface area contributed by atoms with Gasteiger partial charge in [-0.15, -0.1) is 0 Å². The molecule has 3 heterocycles. The molecule has 2 fully saturated rings. The summed E-state index contributed by atoms with van der Waals surface area (Å²) in [4.78, 5) is 6.16. The second-order valence-corrected chi connectivity index (χ2v) is 6.36. The molecule has 2 saturated heterocycles. The van der Waals surface area contributed by atoms with E-state index in [1.165, 1.54) is 0 Å². The first-order chi connectivity index (χ1) is 9.79. The van der Waals surface area contributed by atoms with Gasteiger partial charge in [0.1, 0.15) is 29.8 Å². The molecule has 3 N–H and O–H groups in total. The van der Waals surface area contributed by atoms with E-state index >= 15 is 0 Å². The molecule has 0 bridgehead atoms. The summed E-state index contributed by atoms with van der Waals surface area (Å²) < 4.78 is 42.9. The van der Waals surface area contributed by atoms with E-state index in [2.05, 4.69) is 4.99 Å². The molecule has 0 saturated carbocycles. The highest BCUT2D eigenvalue weighted by molar-refractivity contribution is 8.14. The maximum absolute atomic E-state index is 12.6. The lowest BCUT2D eigenvalue weighted by Gasteiger charge is -2.40. The van der Waals surface area contributed by atoms with Crippen LogP contribution in [-0.4, -0.2) is 80.5 Å². The van der Waals surface area contributed by atoms with E-state index in [0.29, 0.717) is 5.17 Å². The van der Waals surface area contributed by atoms with E-state index in [-0.39, 0.29) is 0 Å². The Morgan fingerprint density at radius 2 is 1.95 bits per heavy atom. The molecular weight excluding hydrogens is 313 g/mol. The van der Waals surface area contributed by atoms with E-state index in [1.54, 1.807) is 0 Å². The van der Waals surface area contributed by atoms with Crippen LogP contribution >= 0.6 is 11.8 Å². The van der Waals surface area contributed by atoms with E-state index in [4.69, 9.17) is 4.74 Å². The standard InChI is InChI=1S/C11H15F3N2O4S/c12-11(13,14)8(19)7-6(18)5(17)4-9(20-7)21-10(15-4)16-2-1-3-16/h4-9,17-19H,1-3H2/t4?,5?,6?,7?,8-,9?/m1/s1. The first-order valence-corrected chi connectivity index (χ1v) is 7.43. The fourth-order valence-corrected chi connectivity index (χ4v) is 3.75. The van der Waals surface area contributed by atoms with E-state index in [9.17, 15) is 28.5 Å². The van der Waals surface area contributed by atoms with Crippen molar-refractivity contribution < 1.29 is 33.2 Å². The maximum atomic E-state index is 12.6. The largest absolute Gasteiger partial charge is 0.417 e. The molecule has 0 radical (unpaired) electrons. The fourth-order valence-electron chi connectivity index (χ4n) is 2.48. The van der Waals surface area contributed by atoms with Crippen LogP contribution in [0.25, 0.3) is 0 Å². The lowest BCUT2D eigenvalue weighted by Crippen LogP contribution is -2.60. The summed E-state index contributed by atoms with van der Waals surface area (Å²) in [5, 5.41) is 29.6. The average molecular weight is 328 g/mol. The summed E-state index contributed by atoms with van der Waals surface area (Å²) in [5.41, 5.74) is -0.832. The normalized spacial score (nSPS) is 41.3. The Hall–Kier alpha value is -0.550. The number of hydrogen-bond acceptors (Lipinski definition) is 7. The Balaban J connectivity index is 1.74. The number of likely N-dealkylation sites (tertiary alicyclic amines) is 1. The van der Waals surface area contributed by atoms with Gasteiger partial charge < -0.3 is 25.0 Å². The van der Waals surface area contributed by atoms with Gasteiger partial charge in [0.15, 0.2) is 11.3 Å². The van der Waals surface area contributed by atoms with Crippen LogP contribution in [0.5, 0.6) is 0 Å². The van der Waals surface area contributed by atoms with E-state index < -0.39 is 42.1 Å². The van der Waals surface area contributed by atoms with Crippen molar-refractivity contribution in [3.63, 3.8) is 0 Å².